The van der Waals surface area contributed by atoms with E-state index in [2.05, 4.69) is 0 Å². The topological polar surface area (TPSA) is 88.5 Å². The molecule has 1 fully saturated rings. The minimum atomic E-state index is -4.13. The third kappa shape index (κ3) is 4.25. The largest absolute Gasteiger partial charge is 0.393 e. The van der Waals surface area contributed by atoms with E-state index in [4.69, 9.17) is 0 Å². The van der Waals surface area contributed by atoms with Gasteiger partial charge in [-0.2, -0.15) is 0 Å². The first-order valence-electron chi connectivity index (χ1n) is 9.09. The summed E-state index contributed by atoms with van der Waals surface area (Å²) in [6, 6.07) is 15.3. The van der Waals surface area contributed by atoms with E-state index in [1.165, 1.54) is 24.3 Å². The summed E-state index contributed by atoms with van der Waals surface area (Å²) in [6.45, 7) is 0. The second-order valence-corrected chi connectivity index (χ2v) is 11.6. The SMILES string of the molecule is O=S(=O)(c1ccccc1)C(C[C@H]1CCCC[C@H]1O)S(=O)(=O)c1ccccc1. The normalized spacial score (nSPS) is 21.3. The van der Waals surface area contributed by atoms with E-state index >= 15 is 0 Å². The lowest BCUT2D eigenvalue weighted by molar-refractivity contribution is 0.0671. The van der Waals surface area contributed by atoms with Crippen molar-refractivity contribution in [3.63, 3.8) is 0 Å². The molecule has 2 aromatic carbocycles. The number of benzene rings is 2. The molecular weight excluding hydrogens is 384 g/mol. The molecule has 0 spiro atoms. The van der Waals surface area contributed by atoms with Crippen LogP contribution in [0.4, 0.5) is 0 Å². The third-order valence-corrected chi connectivity index (χ3v) is 10.3. The number of rotatable bonds is 6. The molecule has 0 saturated heterocycles. The molecule has 1 saturated carbocycles. The summed E-state index contributed by atoms with van der Waals surface area (Å²) in [6.07, 6.45) is 2.18. The van der Waals surface area contributed by atoms with E-state index in [-0.39, 0.29) is 22.1 Å². The van der Waals surface area contributed by atoms with Gasteiger partial charge in [-0.05, 0) is 49.4 Å². The van der Waals surface area contributed by atoms with E-state index in [1.807, 2.05) is 0 Å². The molecule has 2 atom stereocenters. The number of aliphatic hydroxyl groups is 1. The van der Waals surface area contributed by atoms with Gasteiger partial charge in [-0.25, -0.2) is 16.8 Å². The highest BCUT2D eigenvalue weighted by Crippen LogP contribution is 2.35. The van der Waals surface area contributed by atoms with Gasteiger partial charge in [-0.1, -0.05) is 49.2 Å². The van der Waals surface area contributed by atoms with Gasteiger partial charge >= 0.3 is 0 Å². The molecule has 2 aromatic rings. The van der Waals surface area contributed by atoms with Gasteiger partial charge in [-0.15, -0.1) is 0 Å². The Morgan fingerprint density at radius 1 is 0.778 bits per heavy atom. The van der Waals surface area contributed by atoms with Crippen LogP contribution in [0, 0.1) is 5.92 Å². The lowest BCUT2D eigenvalue weighted by Crippen LogP contribution is -2.36. The molecule has 27 heavy (non-hydrogen) atoms. The van der Waals surface area contributed by atoms with Gasteiger partial charge in [0.25, 0.3) is 0 Å². The van der Waals surface area contributed by atoms with Crippen molar-refractivity contribution in [2.45, 2.75) is 52.6 Å². The lowest BCUT2D eigenvalue weighted by Gasteiger charge is -2.30. The first-order chi connectivity index (χ1) is 12.8. The van der Waals surface area contributed by atoms with E-state index in [0.29, 0.717) is 12.8 Å². The Morgan fingerprint density at radius 2 is 1.22 bits per heavy atom. The Morgan fingerprint density at radius 3 is 1.67 bits per heavy atom. The fourth-order valence-corrected chi connectivity index (χ4v) is 8.34. The Labute approximate surface area is 160 Å². The highest BCUT2D eigenvalue weighted by atomic mass is 32.3. The highest BCUT2D eigenvalue weighted by molar-refractivity contribution is 8.09. The van der Waals surface area contributed by atoms with Crippen LogP contribution in [0.2, 0.25) is 0 Å². The monoisotopic (exact) mass is 408 g/mol. The van der Waals surface area contributed by atoms with Crippen molar-refractivity contribution in [2.24, 2.45) is 5.92 Å². The fourth-order valence-electron chi connectivity index (χ4n) is 3.65. The number of sulfone groups is 2. The van der Waals surface area contributed by atoms with Crippen LogP contribution in [0.25, 0.3) is 0 Å². The number of hydrogen-bond acceptors (Lipinski definition) is 5. The van der Waals surface area contributed by atoms with Gasteiger partial charge in [0, 0.05) is 0 Å². The van der Waals surface area contributed by atoms with Crippen LogP contribution >= 0.6 is 0 Å². The van der Waals surface area contributed by atoms with Crippen molar-refractivity contribution in [3.8, 4) is 0 Å². The third-order valence-electron chi connectivity index (χ3n) is 5.20. The van der Waals surface area contributed by atoms with Crippen LogP contribution in [-0.2, 0) is 19.7 Å². The molecule has 0 unspecified atom stereocenters. The molecule has 3 rings (SSSR count). The average Bonchev–Trinajstić information content (AvgIpc) is 2.68. The second kappa shape index (κ2) is 8.12. The molecule has 0 aromatic heterocycles. The smallest absolute Gasteiger partial charge is 0.195 e. The number of hydrogen-bond donors (Lipinski definition) is 1. The zero-order chi connectivity index (χ0) is 19.5. The zero-order valence-electron chi connectivity index (χ0n) is 14.9. The predicted molar refractivity (Wildman–Crippen MR) is 104 cm³/mol. The van der Waals surface area contributed by atoms with E-state index in [0.717, 1.165) is 12.8 Å². The molecular formula is C20H24O5S2. The van der Waals surface area contributed by atoms with Crippen molar-refractivity contribution in [3.05, 3.63) is 60.7 Å². The van der Waals surface area contributed by atoms with Crippen molar-refractivity contribution in [1.82, 2.24) is 0 Å². The highest BCUT2D eigenvalue weighted by Gasteiger charge is 2.42. The van der Waals surface area contributed by atoms with Crippen molar-refractivity contribution >= 4 is 19.7 Å². The molecule has 0 aliphatic heterocycles. The van der Waals surface area contributed by atoms with Gasteiger partial charge in [0.15, 0.2) is 24.3 Å². The summed E-state index contributed by atoms with van der Waals surface area (Å²) in [4.78, 5) is -0.0281. The number of aliphatic hydroxyl groups excluding tert-OH is 1. The van der Waals surface area contributed by atoms with Crippen LogP contribution in [-0.4, -0.2) is 32.6 Å². The molecule has 0 amide bonds. The van der Waals surface area contributed by atoms with Crippen molar-refractivity contribution in [1.29, 1.82) is 0 Å². The summed E-state index contributed by atoms with van der Waals surface area (Å²) in [5.41, 5.74) is 0. The Hall–Kier alpha value is -1.70. The Bertz CT molecular complexity index is 884. The maximum absolute atomic E-state index is 13.3. The van der Waals surface area contributed by atoms with Gasteiger partial charge in [0.1, 0.15) is 0 Å². The molecule has 0 bridgehead atoms. The van der Waals surface area contributed by atoms with Gasteiger partial charge < -0.3 is 5.11 Å². The van der Waals surface area contributed by atoms with Crippen LogP contribution in [0.3, 0.4) is 0 Å². The Balaban J connectivity index is 2.06. The standard InChI is InChI=1S/C20H24O5S2/c21-19-14-8-7-9-16(19)15-20(26(22,23)17-10-3-1-4-11-17)27(24,25)18-12-5-2-6-13-18/h1-6,10-13,16,19-21H,7-9,14-15H2/t16-,19-/m1/s1. The maximum atomic E-state index is 13.3. The van der Waals surface area contributed by atoms with Crippen LogP contribution in [0.15, 0.2) is 70.5 Å². The minimum Gasteiger partial charge on any atom is -0.393 e. The van der Waals surface area contributed by atoms with Gasteiger partial charge in [-0.3, -0.25) is 0 Å². The molecule has 0 radical (unpaired) electrons. The van der Waals surface area contributed by atoms with Crippen LogP contribution in [0.5, 0.6) is 0 Å². The summed E-state index contributed by atoms with van der Waals surface area (Å²) in [5.74, 6) is -0.347. The van der Waals surface area contributed by atoms with E-state index < -0.39 is 30.4 Å². The van der Waals surface area contributed by atoms with E-state index in [1.54, 1.807) is 36.4 Å². The van der Waals surface area contributed by atoms with Gasteiger partial charge in [0.05, 0.1) is 15.9 Å². The first-order valence-corrected chi connectivity index (χ1v) is 12.2. The van der Waals surface area contributed by atoms with E-state index in [9.17, 15) is 21.9 Å². The average molecular weight is 409 g/mol. The minimum absolute atomic E-state index is 0.0141. The molecule has 146 valence electrons. The first kappa shape index (κ1) is 20.0. The van der Waals surface area contributed by atoms with Crippen LogP contribution < -0.4 is 0 Å². The molecule has 1 N–H and O–H groups in total. The summed E-state index contributed by atoms with van der Waals surface area (Å²) < 4.78 is 51.5. The summed E-state index contributed by atoms with van der Waals surface area (Å²) in [5, 5.41) is 10.3. The molecule has 1 aliphatic rings. The maximum Gasteiger partial charge on any atom is 0.195 e. The van der Waals surface area contributed by atoms with Crippen LogP contribution in [0.1, 0.15) is 32.1 Å². The quantitative estimate of drug-likeness (QED) is 0.793. The molecule has 5 nitrogen and oxygen atoms in total. The zero-order valence-corrected chi connectivity index (χ0v) is 16.6. The Kier molecular flexibility index (Phi) is 6.03. The predicted octanol–water partition coefficient (Wildman–Crippen LogP) is 3.20. The van der Waals surface area contributed by atoms with Crippen molar-refractivity contribution in [2.75, 3.05) is 0 Å². The molecule has 7 heteroatoms. The molecule has 0 heterocycles. The van der Waals surface area contributed by atoms with Gasteiger partial charge in [0.2, 0.25) is 0 Å². The lowest BCUT2D eigenvalue weighted by atomic mass is 9.85. The summed E-state index contributed by atoms with van der Waals surface area (Å²) in [7, 11) is -8.26. The summed E-state index contributed by atoms with van der Waals surface area (Å²) >= 11 is 0. The van der Waals surface area contributed by atoms with Crippen molar-refractivity contribution < 1.29 is 21.9 Å². The molecule has 1 aliphatic carbocycles. The second-order valence-electron chi connectivity index (χ2n) is 6.99. The fraction of sp³-hybridized carbons (Fsp3) is 0.400.